The third-order valence-corrected chi connectivity index (χ3v) is 12.1. The maximum Gasteiger partial charge on any atom is 0.416 e. The number of fused-ring (bicyclic) bond motifs is 2. The molecule has 2 aliphatic carbocycles. The van der Waals surface area contributed by atoms with Crippen molar-refractivity contribution in [2.24, 2.45) is 11.8 Å². The van der Waals surface area contributed by atoms with E-state index in [-0.39, 0.29) is 43.7 Å². The highest BCUT2D eigenvalue weighted by Crippen LogP contribution is 2.32. The van der Waals surface area contributed by atoms with E-state index in [1.165, 1.54) is 12.8 Å². The molecule has 0 radical (unpaired) electrons. The summed E-state index contributed by atoms with van der Waals surface area (Å²) in [5.41, 5.74) is 2.61. The molecule has 16 nitrogen and oxygen atoms in total. The van der Waals surface area contributed by atoms with Gasteiger partial charge in [0.15, 0.2) is 11.3 Å². The van der Waals surface area contributed by atoms with Crippen LogP contribution >= 0.6 is 31.9 Å². The molecule has 324 valence electrons. The van der Waals surface area contributed by atoms with E-state index in [2.05, 4.69) is 68.0 Å². The normalized spacial score (nSPS) is 19.2. The minimum Gasteiger partial charge on any atom is -0.443 e. The molecular formula is C43H54Br2N12O4. The number of pyridine rings is 2. The topological polar surface area (TPSA) is 192 Å². The largest absolute Gasteiger partial charge is 0.443 e. The summed E-state index contributed by atoms with van der Waals surface area (Å²) in [6.07, 6.45) is 18.6. The van der Waals surface area contributed by atoms with E-state index in [0.29, 0.717) is 28.3 Å². The Bertz CT molecular complexity index is 2360. The lowest BCUT2D eigenvalue weighted by Crippen LogP contribution is -2.38. The van der Waals surface area contributed by atoms with Gasteiger partial charge in [0.2, 0.25) is 0 Å². The number of carbonyl (C=O) groups is 1. The SMILES string of the molecule is CC(C)(C)OC(=O)N(Cc1cccnc1)c1cc(N[C@@H]2CCCC[C@@H]2CO)nc2c(Br)cnn12.OC[C@H]1CCCC[C@H]1Nc1cc(NCc2cccnc2)n2ncc(Br)c2n1. The van der Waals surface area contributed by atoms with Crippen LogP contribution in [-0.4, -0.2) is 86.4 Å². The zero-order valence-corrected chi connectivity index (χ0v) is 37.9. The van der Waals surface area contributed by atoms with Crippen LogP contribution in [0.3, 0.4) is 0 Å². The molecule has 0 aromatic carbocycles. The summed E-state index contributed by atoms with van der Waals surface area (Å²) in [4.78, 5) is 32.7. The first-order valence-corrected chi connectivity index (χ1v) is 22.4. The van der Waals surface area contributed by atoms with Gasteiger partial charge in [0.05, 0.1) is 27.9 Å². The summed E-state index contributed by atoms with van der Waals surface area (Å²) in [6, 6.07) is 11.8. The zero-order chi connectivity index (χ0) is 42.9. The Morgan fingerprint density at radius 1 is 0.787 bits per heavy atom. The van der Waals surface area contributed by atoms with Crippen LogP contribution in [0.15, 0.2) is 82.5 Å². The first-order valence-electron chi connectivity index (χ1n) is 20.8. The maximum absolute atomic E-state index is 13.4. The van der Waals surface area contributed by atoms with Crippen molar-refractivity contribution >= 4 is 72.5 Å². The number of nitrogens with one attached hydrogen (secondary N) is 3. The summed E-state index contributed by atoms with van der Waals surface area (Å²) >= 11 is 7.06. The van der Waals surface area contributed by atoms with Crippen molar-refractivity contribution in [2.45, 2.75) is 103 Å². The van der Waals surface area contributed by atoms with Crippen molar-refractivity contribution in [2.75, 3.05) is 34.1 Å². The molecule has 0 saturated heterocycles. The number of rotatable bonds is 12. The van der Waals surface area contributed by atoms with Crippen LogP contribution in [-0.2, 0) is 17.8 Å². The second-order valence-electron chi connectivity index (χ2n) is 16.6. The second-order valence-corrected chi connectivity index (χ2v) is 18.3. The van der Waals surface area contributed by atoms with Gasteiger partial charge in [0.1, 0.15) is 28.9 Å². The van der Waals surface area contributed by atoms with Crippen molar-refractivity contribution in [3.8, 4) is 0 Å². The minimum absolute atomic E-state index is 0.108. The second kappa shape index (κ2) is 20.3. The molecule has 0 unspecified atom stereocenters. The molecule has 0 bridgehead atoms. The quantitative estimate of drug-likeness (QED) is 0.0789. The van der Waals surface area contributed by atoms with Crippen LogP contribution in [0.2, 0.25) is 0 Å². The third kappa shape index (κ3) is 11.3. The predicted octanol–water partition coefficient (Wildman–Crippen LogP) is 8.25. The Hall–Kier alpha value is -4.91. The predicted molar refractivity (Wildman–Crippen MR) is 243 cm³/mol. The highest BCUT2D eigenvalue weighted by Gasteiger charge is 2.30. The van der Waals surface area contributed by atoms with Crippen LogP contribution in [0.1, 0.15) is 83.3 Å². The molecule has 2 aliphatic rings. The summed E-state index contributed by atoms with van der Waals surface area (Å²) in [7, 11) is 0. The summed E-state index contributed by atoms with van der Waals surface area (Å²) in [5, 5.41) is 38.9. The number of hydrogen-bond donors (Lipinski definition) is 5. The fourth-order valence-electron chi connectivity index (χ4n) is 7.86. The van der Waals surface area contributed by atoms with Gasteiger partial charge in [-0.3, -0.25) is 14.9 Å². The van der Waals surface area contributed by atoms with Gasteiger partial charge in [-0.25, -0.2) is 14.8 Å². The number of ether oxygens (including phenoxy) is 1. The summed E-state index contributed by atoms with van der Waals surface area (Å²) in [5.74, 6) is 3.23. The lowest BCUT2D eigenvalue weighted by Gasteiger charge is -2.32. The molecule has 6 heterocycles. The first-order chi connectivity index (χ1) is 29.5. The van der Waals surface area contributed by atoms with E-state index >= 15 is 0 Å². The van der Waals surface area contributed by atoms with Gasteiger partial charge < -0.3 is 30.9 Å². The van der Waals surface area contributed by atoms with Crippen LogP contribution in [0.25, 0.3) is 11.3 Å². The van der Waals surface area contributed by atoms with E-state index in [4.69, 9.17) is 14.7 Å². The van der Waals surface area contributed by atoms with Crippen molar-refractivity contribution in [3.05, 3.63) is 93.7 Å². The molecule has 6 aromatic rings. The summed E-state index contributed by atoms with van der Waals surface area (Å²) in [6.45, 7) is 6.76. The molecule has 4 atom stereocenters. The van der Waals surface area contributed by atoms with Gasteiger partial charge in [-0.1, -0.05) is 37.8 Å². The van der Waals surface area contributed by atoms with Crippen LogP contribution in [0.5, 0.6) is 0 Å². The Balaban J connectivity index is 0.000000189. The van der Waals surface area contributed by atoms with Gasteiger partial charge in [-0.2, -0.15) is 19.2 Å². The minimum atomic E-state index is -0.668. The zero-order valence-electron chi connectivity index (χ0n) is 34.7. The highest BCUT2D eigenvalue weighted by atomic mass is 79.9. The molecule has 8 rings (SSSR count). The monoisotopic (exact) mass is 960 g/mol. The Morgan fingerprint density at radius 3 is 1.89 bits per heavy atom. The first kappa shape index (κ1) is 44.2. The van der Waals surface area contributed by atoms with Crippen molar-refractivity contribution < 1.29 is 19.7 Å². The number of nitrogens with zero attached hydrogens (tertiary/aromatic N) is 9. The van der Waals surface area contributed by atoms with Gasteiger partial charge in [-0.15, -0.1) is 0 Å². The van der Waals surface area contributed by atoms with E-state index in [1.54, 1.807) is 44.9 Å². The van der Waals surface area contributed by atoms with E-state index in [0.717, 1.165) is 71.4 Å². The molecule has 6 aromatic heterocycles. The highest BCUT2D eigenvalue weighted by molar-refractivity contribution is 9.11. The van der Waals surface area contributed by atoms with E-state index < -0.39 is 11.7 Å². The molecule has 2 saturated carbocycles. The third-order valence-electron chi connectivity index (χ3n) is 10.9. The lowest BCUT2D eigenvalue weighted by atomic mass is 9.85. The molecule has 0 aliphatic heterocycles. The molecule has 1 amide bonds. The summed E-state index contributed by atoms with van der Waals surface area (Å²) < 4.78 is 10.7. The molecule has 2 fully saturated rings. The fourth-order valence-corrected chi connectivity index (χ4v) is 8.56. The van der Waals surface area contributed by atoms with Crippen molar-refractivity contribution in [3.63, 3.8) is 0 Å². The number of halogens is 2. The fraction of sp³-hybridized carbons (Fsp3) is 0.465. The van der Waals surface area contributed by atoms with Crippen LogP contribution < -0.4 is 20.9 Å². The van der Waals surface area contributed by atoms with E-state index in [9.17, 15) is 15.0 Å². The number of aliphatic hydroxyl groups is 2. The molecule has 5 N–H and O–H groups in total. The van der Waals surface area contributed by atoms with Crippen molar-refractivity contribution in [1.82, 2.24) is 39.2 Å². The number of amides is 1. The Labute approximate surface area is 372 Å². The van der Waals surface area contributed by atoms with Gasteiger partial charge in [0, 0.05) is 80.6 Å². The number of anilines is 4. The van der Waals surface area contributed by atoms with Gasteiger partial charge in [-0.05, 0) is 102 Å². The Kier molecular flexibility index (Phi) is 14.7. The number of hydrogen-bond acceptors (Lipinski definition) is 13. The van der Waals surface area contributed by atoms with Crippen LogP contribution in [0.4, 0.5) is 28.1 Å². The number of carbonyl (C=O) groups excluding carboxylic acids is 1. The standard InChI is InChI=1S/C24H31BrN6O3.C19H23BrN6O/c1-24(2,3)34-23(33)30(14-16-7-6-10-26-12-16)21-11-20(29-22-18(25)13-27-31(21)22)28-19-9-5-4-8-17(19)15-32;20-15-11-23-26-18(22-10-13-4-3-7-21-9-13)8-17(25-19(15)26)24-16-6-2-1-5-14(16)12-27/h6-7,10-13,17,19,32H,4-5,8-9,14-15H2,1-3H3,(H,28,29);3-4,7-9,11,14,16,22,27H,1-2,5-6,10,12H2,(H,24,25)/t17-,19-;14-,16-/m11/s1. The lowest BCUT2D eigenvalue weighted by molar-refractivity contribution is 0.0575. The van der Waals surface area contributed by atoms with E-state index in [1.807, 2.05) is 63.4 Å². The van der Waals surface area contributed by atoms with Gasteiger partial charge in [0.25, 0.3) is 0 Å². The number of aromatic nitrogens is 8. The molecular weight excluding hydrogens is 908 g/mol. The van der Waals surface area contributed by atoms with Gasteiger partial charge >= 0.3 is 6.09 Å². The number of aliphatic hydroxyl groups excluding tert-OH is 2. The molecule has 18 heteroatoms. The average Bonchev–Trinajstić information content (AvgIpc) is 3.83. The molecule has 0 spiro atoms. The molecule has 61 heavy (non-hydrogen) atoms. The maximum atomic E-state index is 13.4. The van der Waals surface area contributed by atoms with Crippen LogP contribution in [0, 0.1) is 11.8 Å². The Morgan fingerprint density at radius 2 is 1.33 bits per heavy atom. The van der Waals surface area contributed by atoms with Crippen molar-refractivity contribution in [1.29, 1.82) is 0 Å². The average molecular weight is 963 g/mol. The smallest absolute Gasteiger partial charge is 0.416 e.